The molecule has 0 amide bonds. The molecule has 0 saturated carbocycles. The van der Waals surface area contributed by atoms with Crippen molar-refractivity contribution in [2.75, 3.05) is 5.32 Å². The number of carboxylic acids is 1. The first kappa shape index (κ1) is 15.3. The summed E-state index contributed by atoms with van der Waals surface area (Å²) >= 11 is 0. The summed E-state index contributed by atoms with van der Waals surface area (Å²) in [6.45, 7) is 6.47. The number of benzene rings is 1. The number of aromatic nitrogens is 1. The maximum atomic E-state index is 11.4. The molecule has 112 valence electrons. The number of hydrogen-bond donors (Lipinski definition) is 2. The van der Waals surface area contributed by atoms with Gasteiger partial charge in [0.25, 0.3) is 0 Å². The Morgan fingerprint density at radius 3 is 2.71 bits per heavy atom. The molecule has 0 radical (unpaired) electrons. The van der Waals surface area contributed by atoms with Gasteiger partial charge >= 0.3 is 5.97 Å². The van der Waals surface area contributed by atoms with Gasteiger partial charge in [0.15, 0.2) is 0 Å². The van der Waals surface area contributed by atoms with E-state index in [1.165, 1.54) is 6.20 Å². The molecule has 4 heteroatoms. The van der Waals surface area contributed by atoms with Gasteiger partial charge in [-0.3, -0.25) is 4.98 Å². The zero-order valence-electron chi connectivity index (χ0n) is 12.8. The number of fused-ring (bicyclic) bond motifs is 1. The monoisotopic (exact) mass is 286 g/mol. The molecule has 2 N–H and O–H groups in total. The van der Waals surface area contributed by atoms with Crippen molar-refractivity contribution in [1.29, 1.82) is 0 Å². The Morgan fingerprint density at radius 2 is 2.05 bits per heavy atom. The highest BCUT2D eigenvalue weighted by molar-refractivity contribution is 6.04. The molecule has 0 aliphatic carbocycles. The molecule has 2 rings (SSSR count). The molecule has 1 aromatic carbocycles. The number of anilines is 1. The number of aromatic carboxylic acids is 1. The van der Waals surface area contributed by atoms with Gasteiger partial charge in [0.05, 0.1) is 11.2 Å². The van der Waals surface area contributed by atoms with Crippen LogP contribution in [0.3, 0.4) is 0 Å². The first-order valence-corrected chi connectivity index (χ1v) is 7.40. The molecule has 0 bridgehead atoms. The first-order chi connectivity index (χ1) is 10.0. The van der Waals surface area contributed by atoms with E-state index in [2.05, 4.69) is 31.1 Å². The molecule has 0 aliphatic heterocycles. The SMILES string of the molecule is CCC(C)CC(C)Nc1c(C(=O)O)cnc2ccccc12. The third-order valence-electron chi connectivity index (χ3n) is 3.85. The van der Waals surface area contributed by atoms with Gasteiger partial charge in [0.1, 0.15) is 5.56 Å². The highest BCUT2D eigenvalue weighted by Gasteiger charge is 2.17. The van der Waals surface area contributed by atoms with Gasteiger partial charge in [-0.05, 0) is 25.3 Å². The van der Waals surface area contributed by atoms with Gasteiger partial charge < -0.3 is 10.4 Å². The number of carboxylic acid groups (broad SMARTS) is 1. The number of rotatable bonds is 6. The van der Waals surface area contributed by atoms with Crippen LogP contribution in [-0.4, -0.2) is 22.1 Å². The number of nitrogens with one attached hydrogen (secondary N) is 1. The van der Waals surface area contributed by atoms with Crippen LogP contribution in [-0.2, 0) is 0 Å². The van der Waals surface area contributed by atoms with E-state index in [1.54, 1.807) is 0 Å². The fraction of sp³-hybridized carbons (Fsp3) is 0.412. The molecule has 0 spiro atoms. The van der Waals surface area contributed by atoms with Gasteiger partial charge in [0, 0.05) is 17.6 Å². The Labute approximate surface area is 125 Å². The van der Waals surface area contributed by atoms with Gasteiger partial charge in [0.2, 0.25) is 0 Å². The molecule has 2 aromatic rings. The highest BCUT2D eigenvalue weighted by atomic mass is 16.4. The van der Waals surface area contributed by atoms with Gasteiger partial charge in [-0.1, -0.05) is 38.5 Å². The number of nitrogens with zero attached hydrogens (tertiary/aromatic N) is 1. The summed E-state index contributed by atoms with van der Waals surface area (Å²) in [7, 11) is 0. The van der Waals surface area contributed by atoms with Crippen molar-refractivity contribution in [3.05, 3.63) is 36.0 Å². The average molecular weight is 286 g/mol. The van der Waals surface area contributed by atoms with Crippen LogP contribution < -0.4 is 5.32 Å². The fourth-order valence-corrected chi connectivity index (χ4v) is 2.53. The van der Waals surface area contributed by atoms with Crippen LogP contribution in [0.25, 0.3) is 10.9 Å². The minimum Gasteiger partial charge on any atom is -0.478 e. The maximum Gasteiger partial charge on any atom is 0.339 e. The Bertz CT molecular complexity index is 640. The second-order valence-electron chi connectivity index (χ2n) is 5.66. The predicted octanol–water partition coefficient (Wildman–Crippen LogP) is 4.17. The fourth-order valence-electron chi connectivity index (χ4n) is 2.53. The number of pyridine rings is 1. The average Bonchev–Trinajstić information content (AvgIpc) is 2.47. The summed E-state index contributed by atoms with van der Waals surface area (Å²) in [6.07, 6.45) is 3.56. The Balaban J connectivity index is 2.39. The van der Waals surface area contributed by atoms with Crippen LogP contribution in [0.15, 0.2) is 30.5 Å². The van der Waals surface area contributed by atoms with Gasteiger partial charge in [-0.15, -0.1) is 0 Å². The molecule has 1 heterocycles. The lowest BCUT2D eigenvalue weighted by Crippen LogP contribution is -2.20. The smallest absolute Gasteiger partial charge is 0.339 e. The van der Waals surface area contributed by atoms with Crippen LogP contribution in [0.1, 0.15) is 44.0 Å². The third-order valence-corrected chi connectivity index (χ3v) is 3.85. The maximum absolute atomic E-state index is 11.4. The van der Waals surface area contributed by atoms with E-state index in [0.717, 1.165) is 23.7 Å². The first-order valence-electron chi connectivity index (χ1n) is 7.40. The zero-order valence-corrected chi connectivity index (χ0v) is 12.8. The Hall–Kier alpha value is -2.10. The lowest BCUT2D eigenvalue weighted by molar-refractivity contribution is 0.0697. The second-order valence-corrected chi connectivity index (χ2v) is 5.66. The molecule has 4 nitrogen and oxygen atoms in total. The van der Waals surface area contributed by atoms with E-state index in [-0.39, 0.29) is 11.6 Å². The summed E-state index contributed by atoms with van der Waals surface area (Å²) < 4.78 is 0. The minimum atomic E-state index is -0.952. The Morgan fingerprint density at radius 1 is 1.33 bits per heavy atom. The zero-order chi connectivity index (χ0) is 15.4. The van der Waals surface area contributed by atoms with Crippen molar-refractivity contribution >= 4 is 22.6 Å². The number of para-hydroxylation sites is 1. The molecule has 0 aliphatic rings. The predicted molar refractivity (Wildman–Crippen MR) is 85.9 cm³/mol. The molecular weight excluding hydrogens is 264 g/mol. The Kier molecular flexibility index (Phi) is 4.78. The van der Waals surface area contributed by atoms with Crippen LogP contribution >= 0.6 is 0 Å². The van der Waals surface area contributed by atoms with E-state index in [1.807, 2.05) is 24.3 Å². The number of hydrogen-bond acceptors (Lipinski definition) is 3. The lowest BCUT2D eigenvalue weighted by Gasteiger charge is -2.21. The van der Waals surface area contributed by atoms with Crippen molar-refractivity contribution in [3.63, 3.8) is 0 Å². The molecule has 2 unspecified atom stereocenters. The molecule has 0 fully saturated rings. The standard InChI is InChI=1S/C17H22N2O2/c1-4-11(2)9-12(3)19-16-13-7-5-6-8-15(13)18-10-14(16)17(20)21/h5-8,10-12H,4,9H2,1-3H3,(H,18,19)(H,20,21). The summed E-state index contributed by atoms with van der Waals surface area (Å²) in [5, 5.41) is 13.6. The van der Waals surface area contributed by atoms with Crippen molar-refractivity contribution in [2.24, 2.45) is 5.92 Å². The molecule has 1 aromatic heterocycles. The number of carbonyl (C=O) groups is 1. The molecule has 21 heavy (non-hydrogen) atoms. The van der Waals surface area contributed by atoms with Crippen LogP contribution in [0.5, 0.6) is 0 Å². The largest absolute Gasteiger partial charge is 0.478 e. The van der Waals surface area contributed by atoms with Crippen molar-refractivity contribution in [2.45, 2.75) is 39.7 Å². The quantitative estimate of drug-likeness (QED) is 0.836. The summed E-state index contributed by atoms with van der Waals surface area (Å²) in [6, 6.07) is 7.82. The minimum absolute atomic E-state index is 0.212. The van der Waals surface area contributed by atoms with E-state index in [9.17, 15) is 9.90 Å². The summed E-state index contributed by atoms with van der Waals surface area (Å²) in [5.41, 5.74) is 1.70. The van der Waals surface area contributed by atoms with E-state index in [4.69, 9.17) is 0 Å². The third kappa shape index (κ3) is 3.51. The molecule has 0 saturated heterocycles. The van der Waals surface area contributed by atoms with Crippen LogP contribution in [0.2, 0.25) is 0 Å². The van der Waals surface area contributed by atoms with E-state index >= 15 is 0 Å². The second kappa shape index (κ2) is 6.57. The van der Waals surface area contributed by atoms with Gasteiger partial charge in [-0.2, -0.15) is 0 Å². The van der Waals surface area contributed by atoms with Crippen LogP contribution in [0.4, 0.5) is 5.69 Å². The topological polar surface area (TPSA) is 62.2 Å². The summed E-state index contributed by atoms with van der Waals surface area (Å²) in [5.74, 6) is -0.347. The summed E-state index contributed by atoms with van der Waals surface area (Å²) in [4.78, 5) is 15.7. The van der Waals surface area contributed by atoms with Crippen LogP contribution in [0, 0.1) is 5.92 Å². The van der Waals surface area contributed by atoms with Crippen molar-refractivity contribution in [1.82, 2.24) is 4.98 Å². The van der Waals surface area contributed by atoms with Crippen molar-refractivity contribution in [3.8, 4) is 0 Å². The normalized spacial score (nSPS) is 13.9. The molecule has 2 atom stereocenters. The van der Waals surface area contributed by atoms with E-state index in [0.29, 0.717) is 11.6 Å². The molecular formula is C17H22N2O2. The van der Waals surface area contributed by atoms with E-state index < -0.39 is 5.97 Å². The van der Waals surface area contributed by atoms with Gasteiger partial charge in [-0.25, -0.2) is 4.79 Å². The van der Waals surface area contributed by atoms with Crippen molar-refractivity contribution < 1.29 is 9.90 Å². The highest BCUT2D eigenvalue weighted by Crippen LogP contribution is 2.27. The lowest BCUT2D eigenvalue weighted by atomic mass is 9.99.